The zero-order chi connectivity index (χ0) is 14.5. The fourth-order valence-electron chi connectivity index (χ4n) is 2.10. The highest BCUT2D eigenvalue weighted by molar-refractivity contribution is 7.15. The second kappa shape index (κ2) is 6.63. The van der Waals surface area contributed by atoms with Crippen LogP contribution < -0.4 is 0 Å². The monoisotopic (exact) mass is 291 g/mol. The maximum Gasteiger partial charge on any atom is 0.303 e. The first-order valence-corrected chi connectivity index (χ1v) is 7.35. The third-order valence-electron chi connectivity index (χ3n) is 3.13. The lowest BCUT2D eigenvalue weighted by Gasteiger charge is -2.10. The molecule has 106 valence electrons. The Balaban J connectivity index is 2.44. The summed E-state index contributed by atoms with van der Waals surface area (Å²) < 4.78 is 0. The first kappa shape index (κ1) is 14.7. The van der Waals surface area contributed by atoms with Crippen LogP contribution in [-0.4, -0.2) is 21.2 Å². The SMILES string of the molecule is CCc1cnc(-c2c(CO)cccc2CCC(=O)O)s1. The fourth-order valence-corrected chi connectivity index (χ4v) is 3.06. The first-order valence-electron chi connectivity index (χ1n) is 6.54. The van der Waals surface area contributed by atoms with Gasteiger partial charge in [-0.2, -0.15) is 0 Å². The Morgan fingerprint density at radius 2 is 2.10 bits per heavy atom. The van der Waals surface area contributed by atoms with E-state index in [4.69, 9.17) is 5.11 Å². The summed E-state index contributed by atoms with van der Waals surface area (Å²) in [4.78, 5) is 16.4. The second-order valence-electron chi connectivity index (χ2n) is 4.49. The van der Waals surface area contributed by atoms with E-state index in [1.165, 1.54) is 4.88 Å². The quantitative estimate of drug-likeness (QED) is 0.858. The summed E-state index contributed by atoms with van der Waals surface area (Å²) >= 11 is 1.59. The predicted molar refractivity (Wildman–Crippen MR) is 78.8 cm³/mol. The number of aliphatic carboxylic acids is 1. The van der Waals surface area contributed by atoms with Crippen LogP contribution in [0.15, 0.2) is 24.4 Å². The third-order valence-corrected chi connectivity index (χ3v) is 4.29. The molecule has 0 saturated carbocycles. The summed E-state index contributed by atoms with van der Waals surface area (Å²) in [5.74, 6) is -0.821. The van der Waals surface area contributed by atoms with Gasteiger partial charge in [-0.1, -0.05) is 25.1 Å². The van der Waals surface area contributed by atoms with Crippen LogP contribution in [0.25, 0.3) is 10.6 Å². The van der Waals surface area contributed by atoms with Gasteiger partial charge in [-0.05, 0) is 24.0 Å². The van der Waals surface area contributed by atoms with Crippen LogP contribution in [-0.2, 0) is 24.2 Å². The third kappa shape index (κ3) is 3.23. The van der Waals surface area contributed by atoms with E-state index in [2.05, 4.69) is 11.9 Å². The van der Waals surface area contributed by atoms with Gasteiger partial charge < -0.3 is 10.2 Å². The van der Waals surface area contributed by atoms with E-state index >= 15 is 0 Å². The molecule has 5 heteroatoms. The van der Waals surface area contributed by atoms with Crippen molar-refractivity contribution in [1.29, 1.82) is 0 Å². The van der Waals surface area contributed by atoms with Crippen molar-refractivity contribution in [3.8, 4) is 10.6 Å². The molecule has 0 radical (unpaired) electrons. The molecule has 20 heavy (non-hydrogen) atoms. The van der Waals surface area contributed by atoms with Gasteiger partial charge in [0.15, 0.2) is 0 Å². The number of aliphatic hydroxyl groups excluding tert-OH is 1. The summed E-state index contributed by atoms with van der Waals surface area (Å²) in [5, 5.41) is 19.2. The molecule has 0 unspecified atom stereocenters. The topological polar surface area (TPSA) is 70.4 Å². The van der Waals surface area contributed by atoms with Crippen LogP contribution in [0, 0.1) is 0 Å². The number of aryl methyl sites for hydroxylation is 2. The van der Waals surface area contributed by atoms with Crippen molar-refractivity contribution in [3.63, 3.8) is 0 Å². The summed E-state index contributed by atoms with van der Waals surface area (Å²) in [6, 6.07) is 5.61. The number of rotatable bonds is 6. The van der Waals surface area contributed by atoms with Gasteiger partial charge in [0, 0.05) is 23.1 Å². The molecule has 2 rings (SSSR count). The number of hydrogen-bond acceptors (Lipinski definition) is 4. The Morgan fingerprint density at radius 3 is 2.70 bits per heavy atom. The van der Waals surface area contributed by atoms with Gasteiger partial charge in [0.2, 0.25) is 0 Å². The number of hydrogen-bond donors (Lipinski definition) is 2. The minimum Gasteiger partial charge on any atom is -0.481 e. The minimum absolute atomic E-state index is 0.0721. The van der Waals surface area contributed by atoms with Crippen molar-refractivity contribution < 1.29 is 15.0 Å². The molecule has 1 heterocycles. The van der Waals surface area contributed by atoms with Gasteiger partial charge >= 0.3 is 5.97 Å². The average Bonchev–Trinajstić information content (AvgIpc) is 2.93. The first-order chi connectivity index (χ1) is 9.65. The van der Waals surface area contributed by atoms with Crippen LogP contribution in [0.5, 0.6) is 0 Å². The van der Waals surface area contributed by atoms with Crippen molar-refractivity contribution in [2.24, 2.45) is 0 Å². The lowest BCUT2D eigenvalue weighted by Crippen LogP contribution is -2.01. The highest BCUT2D eigenvalue weighted by atomic mass is 32.1. The standard InChI is InChI=1S/C15H17NO3S/c1-2-12-8-16-15(20-12)14-10(6-7-13(18)19)4-3-5-11(14)9-17/h3-5,8,17H,2,6-7,9H2,1H3,(H,18,19). The normalized spacial score (nSPS) is 10.7. The van der Waals surface area contributed by atoms with E-state index < -0.39 is 5.97 Å². The molecular weight excluding hydrogens is 274 g/mol. The smallest absolute Gasteiger partial charge is 0.303 e. The zero-order valence-electron chi connectivity index (χ0n) is 11.3. The summed E-state index contributed by atoms with van der Waals surface area (Å²) in [6.45, 7) is 2.00. The van der Waals surface area contributed by atoms with E-state index in [1.54, 1.807) is 11.3 Å². The molecule has 0 atom stereocenters. The Morgan fingerprint density at radius 1 is 1.35 bits per heavy atom. The van der Waals surface area contributed by atoms with Gasteiger partial charge in [-0.3, -0.25) is 4.79 Å². The van der Waals surface area contributed by atoms with E-state index in [9.17, 15) is 9.90 Å². The maximum atomic E-state index is 10.8. The van der Waals surface area contributed by atoms with Gasteiger partial charge in [0.1, 0.15) is 5.01 Å². The fraction of sp³-hybridized carbons (Fsp3) is 0.333. The molecule has 2 aromatic rings. The highest BCUT2D eigenvalue weighted by Crippen LogP contribution is 2.32. The van der Waals surface area contributed by atoms with Gasteiger partial charge in [-0.25, -0.2) is 4.98 Å². The molecular formula is C15H17NO3S. The minimum atomic E-state index is -0.821. The van der Waals surface area contributed by atoms with Crippen molar-refractivity contribution in [2.75, 3.05) is 0 Å². The number of carboxylic acid groups (broad SMARTS) is 1. The molecule has 0 bridgehead atoms. The van der Waals surface area contributed by atoms with Crippen LogP contribution in [0.4, 0.5) is 0 Å². The Hall–Kier alpha value is -1.72. The number of benzene rings is 1. The van der Waals surface area contributed by atoms with E-state index in [1.807, 2.05) is 24.4 Å². The number of thiazole rings is 1. The molecule has 0 aliphatic rings. The number of aliphatic hydroxyl groups is 1. The van der Waals surface area contributed by atoms with Crippen LogP contribution >= 0.6 is 11.3 Å². The van der Waals surface area contributed by atoms with Gasteiger partial charge in [0.25, 0.3) is 0 Å². The van der Waals surface area contributed by atoms with Crippen LogP contribution in [0.1, 0.15) is 29.3 Å². The van der Waals surface area contributed by atoms with Crippen LogP contribution in [0.2, 0.25) is 0 Å². The van der Waals surface area contributed by atoms with Crippen molar-refractivity contribution in [1.82, 2.24) is 4.98 Å². The summed E-state index contributed by atoms with van der Waals surface area (Å²) in [6.07, 6.45) is 3.28. The molecule has 0 aliphatic carbocycles. The van der Waals surface area contributed by atoms with Crippen LogP contribution in [0.3, 0.4) is 0 Å². The van der Waals surface area contributed by atoms with E-state index in [0.717, 1.165) is 28.1 Å². The molecule has 0 fully saturated rings. The Labute approximate surface area is 121 Å². The molecule has 1 aromatic carbocycles. The van der Waals surface area contributed by atoms with Gasteiger partial charge in [0.05, 0.1) is 6.61 Å². The van der Waals surface area contributed by atoms with Crippen molar-refractivity contribution in [2.45, 2.75) is 32.8 Å². The average molecular weight is 291 g/mol. The van der Waals surface area contributed by atoms with Crippen molar-refractivity contribution in [3.05, 3.63) is 40.4 Å². The molecule has 1 aromatic heterocycles. The number of carboxylic acids is 1. The van der Waals surface area contributed by atoms with Crippen molar-refractivity contribution >= 4 is 17.3 Å². The molecule has 4 nitrogen and oxygen atoms in total. The highest BCUT2D eigenvalue weighted by Gasteiger charge is 2.14. The maximum absolute atomic E-state index is 10.8. The summed E-state index contributed by atoms with van der Waals surface area (Å²) in [5.41, 5.74) is 2.61. The molecule has 0 saturated heterocycles. The lowest BCUT2D eigenvalue weighted by atomic mass is 9.98. The predicted octanol–water partition coefficient (Wildman–Crippen LogP) is 2.88. The number of nitrogens with zero attached hydrogens (tertiary/aromatic N) is 1. The Kier molecular flexibility index (Phi) is 4.87. The summed E-state index contributed by atoms with van der Waals surface area (Å²) in [7, 11) is 0. The Bertz CT molecular complexity index is 607. The van der Waals surface area contributed by atoms with E-state index in [-0.39, 0.29) is 13.0 Å². The number of aromatic nitrogens is 1. The van der Waals surface area contributed by atoms with Gasteiger partial charge in [-0.15, -0.1) is 11.3 Å². The molecule has 0 amide bonds. The molecule has 0 spiro atoms. The largest absolute Gasteiger partial charge is 0.481 e. The lowest BCUT2D eigenvalue weighted by molar-refractivity contribution is -0.136. The zero-order valence-corrected chi connectivity index (χ0v) is 12.1. The molecule has 0 aliphatic heterocycles. The number of carbonyl (C=O) groups is 1. The molecule has 2 N–H and O–H groups in total. The van der Waals surface area contributed by atoms with E-state index in [0.29, 0.717) is 6.42 Å². The second-order valence-corrected chi connectivity index (χ2v) is 5.60.